The van der Waals surface area contributed by atoms with E-state index in [1.165, 1.54) is 18.1 Å². The Kier molecular flexibility index (Phi) is 6.72. The summed E-state index contributed by atoms with van der Waals surface area (Å²) in [6.45, 7) is 4.83. The Balaban J connectivity index is 2.00. The molecule has 0 aliphatic carbocycles. The van der Waals surface area contributed by atoms with E-state index in [-0.39, 0.29) is 5.91 Å². The van der Waals surface area contributed by atoms with Crippen LogP contribution >= 0.6 is 0 Å². The quantitative estimate of drug-likeness (QED) is 0.785. The summed E-state index contributed by atoms with van der Waals surface area (Å²) < 4.78 is 0. The van der Waals surface area contributed by atoms with Crippen molar-refractivity contribution < 1.29 is 4.79 Å². The van der Waals surface area contributed by atoms with Crippen molar-refractivity contribution in [3.63, 3.8) is 0 Å². The first-order valence-electron chi connectivity index (χ1n) is 7.85. The number of carbonyl (C=O) groups is 1. The van der Waals surface area contributed by atoms with E-state index >= 15 is 0 Å². The van der Waals surface area contributed by atoms with Gasteiger partial charge in [0.15, 0.2) is 0 Å². The number of rotatable bonds is 8. The van der Waals surface area contributed by atoms with Crippen molar-refractivity contribution in [3.8, 4) is 0 Å². The first-order valence-corrected chi connectivity index (χ1v) is 7.85. The number of hydrogen-bond donors (Lipinski definition) is 2. The number of hydrogen-bond acceptors (Lipinski definition) is 4. The second-order valence-corrected chi connectivity index (χ2v) is 5.59. The van der Waals surface area contributed by atoms with E-state index in [9.17, 15) is 4.79 Å². The minimum atomic E-state index is -0.0566. The van der Waals surface area contributed by atoms with E-state index in [4.69, 9.17) is 5.73 Å². The van der Waals surface area contributed by atoms with Crippen LogP contribution in [-0.4, -0.2) is 28.9 Å². The lowest BCUT2D eigenvalue weighted by molar-refractivity contribution is -0.114. The summed E-state index contributed by atoms with van der Waals surface area (Å²) in [6.07, 6.45) is 4.65. The molecular formula is C18H24N4O. The average Bonchev–Trinajstić information content (AvgIpc) is 2.55. The number of nitrogens with zero attached hydrogens (tertiary/aromatic N) is 2. The fourth-order valence-electron chi connectivity index (χ4n) is 2.43. The zero-order valence-corrected chi connectivity index (χ0v) is 13.5. The molecule has 0 bridgehead atoms. The molecule has 0 fully saturated rings. The van der Waals surface area contributed by atoms with E-state index < -0.39 is 0 Å². The third-order valence-electron chi connectivity index (χ3n) is 3.49. The molecule has 0 aliphatic rings. The molecule has 5 heteroatoms. The van der Waals surface area contributed by atoms with Gasteiger partial charge in [-0.1, -0.05) is 18.2 Å². The lowest BCUT2D eigenvalue weighted by Crippen LogP contribution is -2.25. The van der Waals surface area contributed by atoms with Gasteiger partial charge in [0.1, 0.15) is 0 Å². The highest BCUT2D eigenvalue weighted by Crippen LogP contribution is 2.13. The molecule has 0 unspecified atom stereocenters. The summed E-state index contributed by atoms with van der Waals surface area (Å²) in [5.74, 6) is -0.0566. The maximum Gasteiger partial charge on any atom is 0.221 e. The molecule has 1 heterocycles. The number of amides is 1. The van der Waals surface area contributed by atoms with Crippen LogP contribution in [0.25, 0.3) is 0 Å². The molecule has 122 valence electrons. The minimum Gasteiger partial charge on any atom is -0.330 e. The van der Waals surface area contributed by atoms with Crippen LogP contribution in [0, 0.1) is 0 Å². The zero-order valence-electron chi connectivity index (χ0n) is 13.5. The van der Waals surface area contributed by atoms with E-state index in [0.717, 1.165) is 31.7 Å². The fraction of sp³-hybridized carbons (Fsp3) is 0.333. The molecule has 5 nitrogen and oxygen atoms in total. The summed E-state index contributed by atoms with van der Waals surface area (Å²) in [7, 11) is 0. The molecular weight excluding hydrogens is 288 g/mol. The summed E-state index contributed by atoms with van der Waals surface area (Å²) >= 11 is 0. The highest BCUT2D eigenvalue weighted by Gasteiger charge is 2.07. The van der Waals surface area contributed by atoms with Crippen molar-refractivity contribution >= 4 is 11.6 Å². The van der Waals surface area contributed by atoms with Crippen LogP contribution in [0.2, 0.25) is 0 Å². The molecule has 2 aromatic rings. The Morgan fingerprint density at radius 3 is 2.52 bits per heavy atom. The van der Waals surface area contributed by atoms with Crippen molar-refractivity contribution in [1.82, 2.24) is 9.88 Å². The summed E-state index contributed by atoms with van der Waals surface area (Å²) in [5.41, 5.74) is 8.87. The number of anilines is 1. The smallest absolute Gasteiger partial charge is 0.221 e. The van der Waals surface area contributed by atoms with E-state index in [2.05, 4.69) is 21.3 Å². The molecule has 2 rings (SSSR count). The molecule has 23 heavy (non-hydrogen) atoms. The van der Waals surface area contributed by atoms with E-state index in [1.54, 1.807) is 6.20 Å². The van der Waals surface area contributed by atoms with Crippen LogP contribution < -0.4 is 11.1 Å². The van der Waals surface area contributed by atoms with Gasteiger partial charge in [0.2, 0.25) is 5.91 Å². The van der Waals surface area contributed by atoms with Gasteiger partial charge in [-0.3, -0.25) is 14.7 Å². The maximum absolute atomic E-state index is 11.1. The normalized spacial score (nSPS) is 10.7. The predicted octanol–water partition coefficient (Wildman–Crippen LogP) is 2.39. The van der Waals surface area contributed by atoms with Gasteiger partial charge >= 0.3 is 0 Å². The molecule has 0 spiro atoms. The lowest BCUT2D eigenvalue weighted by atomic mass is 10.1. The maximum atomic E-state index is 11.1. The second-order valence-electron chi connectivity index (χ2n) is 5.59. The number of aromatic nitrogens is 1. The molecule has 0 saturated carbocycles. The predicted molar refractivity (Wildman–Crippen MR) is 92.8 cm³/mol. The Hall–Kier alpha value is -2.24. The topological polar surface area (TPSA) is 71.2 Å². The number of nitrogens with two attached hydrogens (primary N) is 1. The molecule has 3 N–H and O–H groups in total. The zero-order chi connectivity index (χ0) is 16.5. The van der Waals surface area contributed by atoms with Crippen molar-refractivity contribution in [1.29, 1.82) is 0 Å². The number of carbonyl (C=O) groups excluding carboxylic acids is 1. The van der Waals surface area contributed by atoms with Crippen LogP contribution in [0.4, 0.5) is 5.69 Å². The number of nitrogens with one attached hydrogen (secondary N) is 1. The van der Waals surface area contributed by atoms with Gasteiger partial charge in [-0.05, 0) is 42.3 Å². The van der Waals surface area contributed by atoms with Crippen LogP contribution in [0.1, 0.15) is 24.5 Å². The number of benzene rings is 1. The van der Waals surface area contributed by atoms with Gasteiger partial charge in [0.25, 0.3) is 0 Å². The monoisotopic (exact) mass is 312 g/mol. The molecule has 1 aromatic carbocycles. The van der Waals surface area contributed by atoms with Crippen molar-refractivity contribution in [2.45, 2.75) is 26.4 Å². The summed E-state index contributed by atoms with van der Waals surface area (Å²) in [5, 5.41) is 2.78. The van der Waals surface area contributed by atoms with Gasteiger partial charge in [0.05, 0.1) is 0 Å². The lowest BCUT2D eigenvalue weighted by Gasteiger charge is -2.22. The van der Waals surface area contributed by atoms with Crippen LogP contribution in [0.3, 0.4) is 0 Å². The fourth-order valence-corrected chi connectivity index (χ4v) is 2.43. The van der Waals surface area contributed by atoms with Gasteiger partial charge in [-0.15, -0.1) is 0 Å². The van der Waals surface area contributed by atoms with E-state index in [1.807, 2.05) is 36.5 Å². The minimum absolute atomic E-state index is 0.0566. The highest BCUT2D eigenvalue weighted by atomic mass is 16.1. The Labute approximate surface area is 137 Å². The summed E-state index contributed by atoms with van der Waals surface area (Å²) in [4.78, 5) is 17.6. The molecule has 1 aromatic heterocycles. The third kappa shape index (κ3) is 6.18. The first kappa shape index (κ1) is 17.1. The molecule has 0 saturated heterocycles. The van der Waals surface area contributed by atoms with Gasteiger partial charge in [0, 0.05) is 44.6 Å². The standard InChI is InChI=1S/C18H24N4O/c1-15(23)21-18-7-5-16(6-8-18)13-22(11-3-9-19)14-17-4-2-10-20-12-17/h2,4-8,10,12H,3,9,11,13-14,19H2,1H3,(H,21,23). The summed E-state index contributed by atoms with van der Waals surface area (Å²) in [6, 6.07) is 12.0. The average molecular weight is 312 g/mol. The van der Waals surface area contributed by atoms with Crippen molar-refractivity contribution in [2.24, 2.45) is 5.73 Å². The van der Waals surface area contributed by atoms with Crippen molar-refractivity contribution in [2.75, 3.05) is 18.4 Å². The highest BCUT2D eigenvalue weighted by molar-refractivity contribution is 5.88. The molecule has 1 amide bonds. The van der Waals surface area contributed by atoms with Crippen LogP contribution in [-0.2, 0) is 17.9 Å². The third-order valence-corrected chi connectivity index (χ3v) is 3.49. The second kappa shape index (κ2) is 9.02. The molecule has 0 atom stereocenters. The van der Waals surface area contributed by atoms with Gasteiger partial charge in [-0.25, -0.2) is 0 Å². The van der Waals surface area contributed by atoms with Crippen LogP contribution in [0.5, 0.6) is 0 Å². The van der Waals surface area contributed by atoms with Gasteiger partial charge < -0.3 is 11.1 Å². The Morgan fingerprint density at radius 1 is 1.17 bits per heavy atom. The van der Waals surface area contributed by atoms with Crippen LogP contribution in [0.15, 0.2) is 48.8 Å². The Bertz CT molecular complexity index is 598. The van der Waals surface area contributed by atoms with Gasteiger partial charge in [-0.2, -0.15) is 0 Å². The number of pyridine rings is 1. The molecule has 0 aliphatic heterocycles. The first-order chi connectivity index (χ1) is 11.2. The van der Waals surface area contributed by atoms with E-state index in [0.29, 0.717) is 6.54 Å². The largest absolute Gasteiger partial charge is 0.330 e. The molecule has 0 radical (unpaired) electrons. The van der Waals surface area contributed by atoms with Crippen molar-refractivity contribution in [3.05, 3.63) is 59.9 Å². The Morgan fingerprint density at radius 2 is 1.91 bits per heavy atom. The SMILES string of the molecule is CC(=O)Nc1ccc(CN(CCCN)Cc2cccnc2)cc1.